The first-order valence-electron chi connectivity index (χ1n) is 9.80. The van der Waals surface area contributed by atoms with Gasteiger partial charge in [0.1, 0.15) is 5.75 Å². The van der Waals surface area contributed by atoms with Gasteiger partial charge in [0.25, 0.3) is 0 Å². The molecule has 5 heteroatoms. The number of piperidine rings is 1. The molecule has 1 atom stereocenters. The van der Waals surface area contributed by atoms with E-state index >= 15 is 0 Å². The van der Waals surface area contributed by atoms with Gasteiger partial charge in [-0.3, -0.25) is 0 Å². The van der Waals surface area contributed by atoms with E-state index in [2.05, 4.69) is 61.1 Å². The number of hydrogen-bond donors (Lipinski definition) is 1. The summed E-state index contributed by atoms with van der Waals surface area (Å²) in [5.74, 6) is 0.853. The van der Waals surface area contributed by atoms with Gasteiger partial charge in [-0.05, 0) is 71.1 Å². The molecule has 0 radical (unpaired) electrons. The summed E-state index contributed by atoms with van der Waals surface area (Å²) in [5.41, 5.74) is 1.40. The molecular formula is C21H33BrN2O2. The van der Waals surface area contributed by atoms with Crippen molar-refractivity contribution in [2.45, 2.75) is 71.3 Å². The average Bonchev–Trinajstić information content (AvgIpc) is 2.61. The molecule has 1 aromatic rings. The topological polar surface area (TPSA) is 41.6 Å². The van der Waals surface area contributed by atoms with Crippen LogP contribution in [0.1, 0.15) is 65.4 Å². The molecule has 1 unspecified atom stereocenters. The quantitative estimate of drug-likeness (QED) is 0.613. The van der Waals surface area contributed by atoms with E-state index in [-0.39, 0.29) is 11.4 Å². The van der Waals surface area contributed by atoms with Crippen molar-refractivity contribution in [2.75, 3.05) is 19.7 Å². The number of hydrogen-bond acceptors (Lipinski definition) is 2. The molecule has 0 aromatic heterocycles. The molecule has 1 aromatic carbocycles. The lowest BCUT2D eigenvalue weighted by atomic mass is 9.87. The van der Waals surface area contributed by atoms with Crippen LogP contribution in [-0.4, -0.2) is 36.7 Å². The Balaban J connectivity index is 1.73. The van der Waals surface area contributed by atoms with Gasteiger partial charge in [-0.1, -0.05) is 33.8 Å². The van der Waals surface area contributed by atoms with E-state index in [4.69, 9.17) is 4.74 Å². The van der Waals surface area contributed by atoms with Crippen LogP contribution >= 0.6 is 15.9 Å². The lowest BCUT2D eigenvalue weighted by molar-refractivity contribution is 0.148. The minimum Gasteiger partial charge on any atom is -0.492 e. The first kappa shape index (κ1) is 21.1. The Morgan fingerprint density at radius 3 is 2.77 bits per heavy atom. The zero-order chi connectivity index (χ0) is 19.2. The smallest absolute Gasteiger partial charge is 0.317 e. The standard InChI is InChI=1S/C21H33BrN2O2/c1-5-17-9-6-7-13-24(17)20(25)23-12-8-14-26-19-11-10-16(15-18(19)22)21(2,3)4/h10-11,15,17H,5-9,12-14H2,1-4H3,(H,23,25). The number of benzene rings is 1. The van der Waals surface area contributed by atoms with Gasteiger partial charge >= 0.3 is 6.03 Å². The van der Waals surface area contributed by atoms with Crippen LogP contribution in [0.25, 0.3) is 0 Å². The Morgan fingerprint density at radius 2 is 2.12 bits per heavy atom. The number of nitrogens with zero attached hydrogens (tertiary/aromatic N) is 1. The Labute approximate surface area is 166 Å². The number of carbonyl (C=O) groups excluding carboxylic acids is 1. The molecule has 1 aliphatic rings. The van der Waals surface area contributed by atoms with Crippen molar-refractivity contribution >= 4 is 22.0 Å². The Bertz CT molecular complexity index is 598. The second kappa shape index (κ2) is 9.63. The fourth-order valence-corrected chi connectivity index (χ4v) is 3.82. The fraction of sp³-hybridized carbons (Fsp3) is 0.667. The highest BCUT2D eigenvalue weighted by Gasteiger charge is 2.24. The lowest BCUT2D eigenvalue weighted by Crippen LogP contribution is -2.48. The van der Waals surface area contributed by atoms with Crippen molar-refractivity contribution in [1.29, 1.82) is 0 Å². The van der Waals surface area contributed by atoms with E-state index in [1.54, 1.807) is 0 Å². The third-order valence-corrected chi connectivity index (χ3v) is 5.63. The largest absolute Gasteiger partial charge is 0.492 e. The SMILES string of the molecule is CCC1CCCCN1C(=O)NCCCOc1ccc(C(C)(C)C)cc1Br. The number of amides is 2. The molecule has 1 heterocycles. The molecule has 26 heavy (non-hydrogen) atoms. The second-order valence-electron chi connectivity index (χ2n) is 8.08. The minimum absolute atomic E-state index is 0.0762. The number of rotatable bonds is 6. The van der Waals surface area contributed by atoms with Gasteiger partial charge in [-0.25, -0.2) is 4.79 Å². The number of nitrogens with one attached hydrogen (secondary N) is 1. The summed E-state index contributed by atoms with van der Waals surface area (Å²) >= 11 is 3.60. The van der Waals surface area contributed by atoms with Crippen LogP contribution in [0.3, 0.4) is 0 Å². The van der Waals surface area contributed by atoms with Crippen LogP contribution in [0.5, 0.6) is 5.75 Å². The van der Waals surface area contributed by atoms with Crippen LogP contribution in [0.2, 0.25) is 0 Å². The predicted octanol–water partition coefficient (Wildman–Crippen LogP) is 5.49. The normalized spacial score (nSPS) is 17.9. The molecule has 2 rings (SSSR count). The van der Waals surface area contributed by atoms with E-state index < -0.39 is 0 Å². The summed E-state index contributed by atoms with van der Waals surface area (Å²) < 4.78 is 6.84. The molecule has 0 aliphatic carbocycles. The molecular weight excluding hydrogens is 392 g/mol. The summed E-state index contributed by atoms with van der Waals surface area (Å²) in [4.78, 5) is 14.4. The fourth-order valence-electron chi connectivity index (χ4n) is 3.33. The highest BCUT2D eigenvalue weighted by Crippen LogP contribution is 2.31. The van der Waals surface area contributed by atoms with Crippen LogP contribution in [0.15, 0.2) is 22.7 Å². The van der Waals surface area contributed by atoms with Gasteiger partial charge in [0.2, 0.25) is 0 Å². The molecule has 146 valence electrons. The Kier molecular flexibility index (Phi) is 7.81. The molecule has 1 saturated heterocycles. The third-order valence-electron chi connectivity index (χ3n) is 5.01. The summed E-state index contributed by atoms with van der Waals surface area (Å²) in [5, 5.41) is 3.04. The monoisotopic (exact) mass is 424 g/mol. The zero-order valence-electron chi connectivity index (χ0n) is 16.6. The maximum atomic E-state index is 12.4. The highest BCUT2D eigenvalue weighted by molar-refractivity contribution is 9.10. The van der Waals surface area contributed by atoms with Crippen LogP contribution in [-0.2, 0) is 5.41 Å². The molecule has 2 amide bonds. The second-order valence-corrected chi connectivity index (χ2v) is 8.93. The number of likely N-dealkylation sites (tertiary alicyclic amines) is 1. The maximum Gasteiger partial charge on any atom is 0.317 e. The zero-order valence-corrected chi connectivity index (χ0v) is 18.2. The number of ether oxygens (including phenoxy) is 1. The van der Waals surface area contributed by atoms with E-state index in [0.717, 1.165) is 42.5 Å². The van der Waals surface area contributed by atoms with Crippen molar-refractivity contribution in [1.82, 2.24) is 10.2 Å². The van der Waals surface area contributed by atoms with Gasteiger partial charge in [-0.2, -0.15) is 0 Å². The summed E-state index contributed by atoms with van der Waals surface area (Å²) in [6, 6.07) is 6.73. The van der Waals surface area contributed by atoms with Gasteiger partial charge in [0.15, 0.2) is 0 Å². The average molecular weight is 425 g/mol. The van der Waals surface area contributed by atoms with Crippen molar-refractivity contribution < 1.29 is 9.53 Å². The van der Waals surface area contributed by atoms with Crippen LogP contribution < -0.4 is 10.1 Å². The van der Waals surface area contributed by atoms with Crippen molar-refractivity contribution in [3.63, 3.8) is 0 Å². The van der Waals surface area contributed by atoms with Crippen LogP contribution in [0, 0.1) is 0 Å². The molecule has 1 N–H and O–H groups in total. The molecule has 1 fully saturated rings. The number of halogens is 1. The van der Waals surface area contributed by atoms with E-state index in [1.165, 1.54) is 12.0 Å². The van der Waals surface area contributed by atoms with E-state index in [9.17, 15) is 4.79 Å². The Hall–Kier alpha value is -1.23. The molecule has 0 saturated carbocycles. The van der Waals surface area contributed by atoms with Crippen LogP contribution in [0.4, 0.5) is 4.79 Å². The first-order valence-corrected chi connectivity index (χ1v) is 10.6. The van der Waals surface area contributed by atoms with Crippen molar-refractivity contribution in [2.24, 2.45) is 0 Å². The highest BCUT2D eigenvalue weighted by atomic mass is 79.9. The lowest BCUT2D eigenvalue weighted by Gasteiger charge is -2.35. The van der Waals surface area contributed by atoms with E-state index in [0.29, 0.717) is 19.2 Å². The third kappa shape index (κ3) is 5.90. The van der Waals surface area contributed by atoms with Gasteiger partial charge < -0.3 is 15.0 Å². The number of carbonyl (C=O) groups is 1. The molecule has 0 bridgehead atoms. The summed E-state index contributed by atoms with van der Waals surface area (Å²) in [7, 11) is 0. The van der Waals surface area contributed by atoms with Gasteiger partial charge in [0, 0.05) is 19.1 Å². The summed E-state index contributed by atoms with van der Waals surface area (Å²) in [6.07, 6.45) is 5.31. The molecule has 4 nitrogen and oxygen atoms in total. The first-order chi connectivity index (χ1) is 12.3. The number of urea groups is 1. The van der Waals surface area contributed by atoms with E-state index in [1.807, 2.05) is 11.0 Å². The minimum atomic E-state index is 0.0762. The molecule has 1 aliphatic heterocycles. The van der Waals surface area contributed by atoms with Crippen molar-refractivity contribution in [3.8, 4) is 5.75 Å². The van der Waals surface area contributed by atoms with Gasteiger partial charge in [-0.15, -0.1) is 0 Å². The molecule has 0 spiro atoms. The maximum absolute atomic E-state index is 12.4. The summed E-state index contributed by atoms with van der Waals surface area (Å²) in [6.45, 7) is 10.9. The Morgan fingerprint density at radius 1 is 1.35 bits per heavy atom. The van der Waals surface area contributed by atoms with Gasteiger partial charge in [0.05, 0.1) is 11.1 Å². The van der Waals surface area contributed by atoms with Crippen molar-refractivity contribution in [3.05, 3.63) is 28.2 Å². The predicted molar refractivity (Wildman–Crippen MR) is 111 cm³/mol.